The van der Waals surface area contributed by atoms with Gasteiger partial charge < -0.3 is 10.6 Å². The third-order valence-corrected chi connectivity index (χ3v) is 5.19. The Labute approximate surface area is 157 Å². The van der Waals surface area contributed by atoms with E-state index in [1.54, 1.807) is 6.07 Å². The molecule has 7 heteroatoms. The molecule has 1 unspecified atom stereocenters. The van der Waals surface area contributed by atoms with Crippen LogP contribution in [0.2, 0.25) is 0 Å². The molecule has 1 aliphatic heterocycles. The third kappa shape index (κ3) is 3.74. The maximum Gasteiger partial charge on any atom is 0.153 e. The number of pyridine rings is 1. The number of nitrogens with zero attached hydrogens (tertiary/aromatic N) is 5. The van der Waals surface area contributed by atoms with Gasteiger partial charge in [0.2, 0.25) is 0 Å². The highest BCUT2D eigenvalue weighted by Gasteiger charge is 2.23. The average molecular weight is 366 g/mol. The summed E-state index contributed by atoms with van der Waals surface area (Å²) in [5, 5.41) is 0. The second-order valence-electron chi connectivity index (χ2n) is 7.29. The van der Waals surface area contributed by atoms with Crippen LogP contribution in [0, 0.1) is 5.82 Å². The number of anilines is 1. The minimum Gasteiger partial charge on any atom is -0.382 e. The number of hydrogen-bond donors (Lipinski definition) is 1. The van der Waals surface area contributed by atoms with Gasteiger partial charge in [0.15, 0.2) is 5.82 Å². The predicted molar refractivity (Wildman–Crippen MR) is 105 cm³/mol. The van der Waals surface area contributed by atoms with Crippen LogP contribution < -0.4 is 5.73 Å². The molecule has 2 N–H and O–H groups in total. The Morgan fingerprint density at radius 1 is 1.26 bits per heavy atom. The van der Waals surface area contributed by atoms with Crippen molar-refractivity contribution >= 4 is 16.9 Å². The first-order chi connectivity index (χ1) is 13.0. The molecule has 4 rings (SSSR count). The van der Waals surface area contributed by atoms with E-state index in [-0.39, 0.29) is 5.82 Å². The molecule has 2 aromatic heterocycles. The lowest BCUT2D eigenvalue weighted by molar-refractivity contribution is 0.234. The van der Waals surface area contributed by atoms with Crippen molar-refractivity contribution < 1.29 is 4.39 Å². The van der Waals surface area contributed by atoms with Gasteiger partial charge in [0.05, 0.1) is 11.2 Å². The van der Waals surface area contributed by atoms with Crippen molar-refractivity contribution in [3.8, 4) is 11.3 Å². The van der Waals surface area contributed by atoms with Crippen molar-refractivity contribution in [2.75, 3.05) is 32.9 Å². The second-order valence-corrected chi connectivity index (χ2v) is 7.29. The normalized spacial score (nSPS) is 17.9. The number of aromatic nitrogens is 3. The van der Waals surface area contributed by atoms with Crippen molar-refractivity contribution in [1.29, 1.82) is 0 Å². The number of likely N-dealkylation sites (N-methyl/N-ethyl adjacent to an activating group) is 2. The topological polar surface area (TPSA) is 71.2 Å². The number of fused-ring (bicyclic) bond motifs is 1. The first-order valence-electron chi connectivity index (χ1n) is 9.05. The van der Waals surface area contributed by atoms with Crippen molar-refractivity contribution in [3.63, 3.8) is 0 Å². The summed E-state index contributed by atoms with van der Waals surface area (Å²) in [7, 11) is 4.23. The highest BCUT2D eigenvalue weighted by atomic mass is 19.1. The van der Waals surface area contributed by atoms with Crippen molar-refractivity contribution in [3.05, 3.63) is 48.0 Å². The lowest BCUT2D eigenvalue weighted by Gasteiger charge is -2.24. The molecule has 1 aliphatic rings. The molecule has 0 radical (unpaired) electrons. The van der Waals surface area contributed by atoms with Gasteiger partial charge in [0.1, 0.15) is 17.7 Å². The summed E-state index contributed by atoms with van der Waals surface area (Å²) < 4.78 is 14.3. The van der Waals surface area contributed by atoms with Gasteiger partial charge in [0, 0.05) is 24.7 Å². The summed E-state index contributed by atoms with van der Waals surface area (Å²) >= 11 is 0. The number of nitrogens with two attached hydrogens (primary N) is 1. The smallest absolute Gasteiger partial charge is 0.153 e. The van der Waals surface area contributed by atoms with Gasteiger partial charge in [0.25, 0.3) is 0 Å². The molecule has 3 aromatic rings. The molecule has 3 heterocycles. The molecule has 1 fully saturated rings. The molecule has 1 saturated heterocycles. The lowest BCUT2D eigenvalue weighted by atomic mass is 10.1. The molecule has 0 amide bonds. The van der Waals surface area contributed by atoms with Crippen LogP contribution in [0.3, 0.4) is 0 Å². The Morgan fingerprint density at radius 2 is 2.11 bits per heavy atom. The zero-order chi connectivity index (χ0) is 19.0. The molecule has 0 bridgehead atoms. The molecule has 140 valence electrons. The van der Waals surface area contributed by atoms with Gasteiger partial charge in [-0.2, -0.15) is 0 Å². The second kappa shape index (κ2) is 7.17. The third-order valence-electron chi connectivity index (χ3n) is 5.19. The molecule has 1 aromatic carbocycles. The van der Waals surface area contributed by atoms with E-state index >= 15 is 0 Å². The molecular formula is C20H23FN6. The molecule has 0 spiro atoms. The fourth-order valence-corrected chi connectivity index (χ4v) is 3.70. The number of hydrogen-bond acceptors (Lipinski definition) is 6. The van der Waals surface area contributed by atoms with Gasteiger partial charge >= 0.3 is 0 Å². The summed E-state index contributed by atoms with van der Waals surface area (Å²) in [4.78, 5) is 17.3. The maximum atomic E-state index is 14.3. The largest absolute Gasteiger partial charge is 0.382 e. The van der Waals surface area contributed by atoms with Gasteiger partial charge in [-0.15, -0.1) is 0 Å². The minimum absolute atomic E-state index is 0.265. The summed E-state index contributed by atoms with van der Waals surface area (Å²) in [6.45, 7) is 2.85. The molecule has 0 saturated carbocycles. The van der Waals surface area contributed by atoms with Gasteiger partial charge in [-0.3, -0.25) is 4.90 Å². The number of benzene rings is 1. The number of likely N-dealkylation sites (tertiary alicyclic amines) is 1. The number of rotatable bonds is 4. The summed E-state index contributed by atoms with van der Waals surface area (Å²) in [6.07, 6.45) is 2.55. The fourth-order valence-electron chi connectivity index (χ4n) is 3.70. The van der Waals surface area contributed by atoms with Crippen LogP contribution in [0.5, 0.6) is 0 Å². The molecule has 6 nitrogen and oxygen atoms in total. The minimum atomic E-state index is -0.265. The first-order valence-corrected chi connectivity index (χ1v) is 9.05. The zero-order valence-electron chi connectivity index (χ0n) is 15.6. The van der Waals surface area contributed by atoms with Gasteiger partial charge in [-0.05, 0) is 63.0 Å². The lowest BCUT2D eigenvalue weighted by Crippen LogP contribution is -2.33. The number of halogens is 1. The standard InChI is InChI=1S/C20H23FN6/c1-26-6-5-16(11-26)27(2)10-13-7-14(9-15(21)8-13)17-3-4-18-19(25-17)20(22)24-12-23-18/h3-4,7-9,12,16H,5-6,10-11H2,1-2H3,(H2,22,23,24). The van der Waals surface area contributed by atoms with Crippen LogP contribution in [0.25, 0.3) is 22.3 Å². The molecular weight excluding hydrogens is 343 g/mol. The van der Waals surface area contributed by atoms with Crippen molar-refractivity contribution in [2.24, 2.45) is 0 Å². The van der Waals surface area contributed by atoms with Crippen LogP contribution in [-0.2, 0) is 6.54 Å². The Morgan fingerprint density at radius 3 is 2.89 bits per heavy atom. The SMILES string of the molecule is CN1CCC(N(C)Cc2cc(F)cc(-c3ccc4ncnc(N)c4n3)c2)C1. The van der Waals surface area contributed by atoms with Crippen molar-refractivity contribution in [1.82, 2.24) is 24.8 Å². The zero-order valence-corrected chi connectivity index (χ0v) is 15.6. The maximum absolute atomic E-state index is 14.3. The van der Waals surface area contributed by atoms with Crippen LogP contribution in [0.15, 0.2) is 36.7 Å². The van der Waals surface area contributed by atoms with E-state index in [0.29, 0.717) is 35.1 Å². The summed E-state index contributed by atoms with van der Waals surface area (Å²) in [5.41, 5.74) is 9.44. The van der Waals surface area contributed by atoms with E-state index < -0.39 is 0 Å². The monoisotopic (exact) mass is 366 g/mol. The Balaban J connectivity index is 1.63. The highest BCUT2D eigenvalue weighted by Crippen LogP contribution is 2.25. The van der Waals surface area contributed by atoms with Crippen LogP contribution in [0.1, 0.15) is 12.0 Å². The van der Waals surface area contributed by atoms with E-state index in [1.807, 2.05) is 18.2 Å². The van der Waals surface area contributed by atoms with E-state index in [4.69, 9.17) is 5.73 Å². The van der Waals surface area contributed by atoms with Crippen LogP contribution in [0.4, 0.5) is 10.2 Å². The quantitative estimate of drug-likeness (QED) is 0.765. The average Bonchev–Trinajstić information content (AvgIpc) is 3.08. The van der Waals surface area contributed by atoms with Crippen LogP contribution in [-0.4, -0.2) is 58.0 Å². The Bertz CT molecular complexity index is 976. The first kappa shape index (κ1) is 17.8. The summed E-state index contributed by atoms with van der Waals surface area (Å²) in [5.74, 6) is 0.0576. The van der Waals surface area contributed by atoms with E-state index in [1.165, 1.54) is 12.4 Å². The highest BCUT2D eigenvalue weighted by molar-refractivity contribution is 5.85. The molecule has 1 atom stereocenters. The molecule has 0 aliphatic carbocycles. The van der Waals surface area contributed by atoms with Gasteiger partial charge in [-0.25, -0.2) is 19.3 Å². The summed E-state index contributed by atoms with van der Waals surface area (Å²) in [6, 6.07) is 9.26. The Hall–Kier alpha value is -2.64. The van der Waals surface area contributed by atoms with Crippen LogP contribution >= 0.6 is 0 Å². The number of nitrogen functional groups attached to an aromatic ring is 1. The van der Waals surface area contributed by atoms with Crippen molar-refractivity contribution in [2.45, 2.75) is 19.0 Å². The fraction of sp³-hybridized carbons (Fsp3) is 0.350. The van der Waals surface area contributed by atoms with E-state index in [2.05, 4.69) is 38.8 Å². The Kier molecular flexibility index (Phi) is 4.72. The molecule has 27 heavy (non-hydrogen) atoms. The van der Waals surface area contributed by atoms with E-state index in [0.717, 1.165) is 30.6 Å². The van der Waals surface area contributed by atoms with E-state index in [9.17, 15) is 4.39 Å². The predicted octanol–water partition coefficient (Wildman–Crippen LogP) is 2.55. The van der Waals surface area contributed by atoms with Gasteiger partial charge in [-0.1, -0.05) is 0 Å².